The molecule has 2 saturated heterocycles. The third-order valence-electron chi connectivity index (χ3n) is 4.09. The van der Waals surface area contributed by atoms with Crippen molar-refractivity contribution in [2.75, 3.05) is 26.7 Å². The maximum absolute atomic E-state index is 12.1. The summed E-state index contributed by atoms with van der Waals surface area (Å²) in [6.45, 7) is 5.65. The van der Waals surface area contributed by atoms with Crippen LogP contribution >= 0.6 is 0 Å². The number of amides is 1. The van der Waals surface area contributed by atoms with E-state index < -0.39 is 10.0 Å². The predicted molar refractivity (Wildman–Crippen MR) is 69.5 cm³/mol. The van der Waals surface area contributed by atoms with Gasteiger partial charge in [0.05, 0.1) is 5.25 Å². The lowest BCUT2D eigenvalue weighted by Crippen LogP contribution is -2.36. The summed E-state index contributed by atoms with van der Waals surface area (Å²) in [5.41, 5.74) is 0. The van der Waals surface area contributed by atoms with Gasteiger partial charge in [-0.05, 0) is 18.8 Å². The average Bonchev–Trinajstić information content (AvgIpc) is 2.46. The van der Waals surface area contributed by atoms with Crippen LogP contribution in [0.2, 0.25) is 0 Å². The molecule has 0 bridgehead atoms. The van der Waals surface area contributed by atoms with Crippen LogP contribution < -0.4 is 0 Å². The molecule has 0 aliphatic carbocycles. The molecule has 1 amide bonds. The van der Waals surface area contributed by atoms with Crippen molar-refractivity contribution >= 4 is 15.9 Å². The van der Waals surface area contributed by atoms with Crippen molar-refractivity contribution in [2.24, 2.45) is 11.8 Å². The van der Waals surface area contributed by atoms with Crippen LogP contribution in [0.5, 0.6) is 0 Å². The summed E-state index contributed by atoms with van der Waals surface area (Å²) >= 11 is 0. The monoisotopic (exact) mass is 274 g/mol. The molecule has 2 atom stereocenters. The van der Waals surface area contributed by atoms with E-state index in [1.807, 2.05) is 18.7 Å². The highest BCUT2D eigenvalue weighted by molar-refractivity contribution is 7.90. The van der Waals surface area contributed by atoms with Gasteiger partial charge in [0.1, 0.15) is 0 Å². The van der Waals surface area contributed by atoms with Crippen molar-refractivity contribution in [3.05, 3.63) is 0 Å². The highest BCUT2D eigenvalue weighted by atomic mass is 32.2. The fraction of sp³-hybridized carbons (Fsp3) is 0.917. The first-order chi connectivity index (χ1) is 8.34. The lowest BCUT2D eigenvalue weighted by Gasteiger charge is -2.23. The molecule has 0 aromatic heterocycles. The zero-order valence-corrected chi connectivity index (χ0v) is 12.1. The van der Waals surface area contributed by atoms with Crippen LogP contribution in [0.25, 0.3) is 0 Å². The van der Waals surface area contributed by atoms with Gasteiger partial charge in [0.25, 0.3) is 0 Å². The molecule has 0 aromatic rings. The SMILES string of the molecule is CC(C)C(=O)N1CC[C@H]2CN(C)S(=O)(=O)[C@H]2CC1. The number of rotatable bonds is 1. The van der Waals surface area contributed by atoms with Crippen LogP contribution in [0.3, 0.4) is 0 Å². The van der Waals surface area contributed by atoms with Crippen molar-refractivity contribution in [3.8, 4) is 0 Å². The van der Waals surface area contributed by atoms with Crippen LogP contribution in [-0.2, 0) is 14.8 Å². The summed E-state index contributed by atoms with van der Waals surface area (Å²) in [5, 5.41) is -0.285. The second-order valence-electron chi connectivity index (χ2n) is 5.68. The van der Waals surface area contributed by atoms with E-state index in [0.717, 1.165) is 6.42 Å². The number of fused-ring (bicyclic) bond motifs is 1. The standard InChI is InChI=1S/C12H22N2O3S/c1-9(2)12(15)14-6-4-10-8-13(3)18(16,17)11(10)5-7-14/h9-11H,4-8H2,1-3H3/t10-,11-/m0/s1. The van der Waals surface area contributed by atoms with Crippen molar-refractivity contribution in [3.63, 3.8) is 0 Å². The third-order valence-corrected chi connectivity index (χ3v) is 6.50. The van der Waals surface area contributed by atoms with Gasteiger partial charge < -0.3 is 4.90 Å². The smallest absolute Gasteiger partial charge is 0.225 e. The first-order valence-corrected chi connectivity index (χ1v) is 8.08. The van der Waals surface area contributed by atoms with Crippen LogP contribution in [-0.4, -0.2) is 55.5 Å². The zero-order valence-electron chi connectivity index (χ0n) is 11.3. The lowest BCUT2D eigenvalue weighted by molar-refractivity contribution is -0.134. The molecule has 0 aromatic carbocycles. The number of hydrogen-bond acceptors (Lipinski definition) is 3. The van der Waals surface area contributed by atoms with Crippen molar-refractivity contribution in [1.29, 1.82) is 0 Å². The van der Waals surface area contributed by atoms with Gasteiger partial charge in [-0.25, -0.2) is 12.7 Å². The van der Waals surface area contributed by atoms with Gasteiger partial charge in [-0.2, -0.15) is 0 Å². The van der Waals surface area contributed by atoms with Gasteiger partial charge in [0.2, 0.25) is 15.9 Å². The van der Waals surface area contributed by atoms with E-state index in [2.05, 4.69) is 0 Å². The van der Waals surface area contributed by atoms with E-state index in [-0.39, 0.29) is 23.0 Å². The molecule has 0 N–H and O–H groups in total. The van der Waals surface area contributed by atoms with Crippen LogP contribution in [0.15, 0.2) is 0 Å². The summed E-state index contributed by atoms with van der Waals surface area (Å²) < 4.78 is 25.7. The Morgan fingerprint density at radius 2 is 1.83 bits per heavy atom. The second kappa shape index (κ2) is 4.81. The summed E-state index contributed by atoms with van der Waals surface area (Å²) in [6.07, 6.45) is 1.38. The maximum atomic E-state index is 12.1. The highest BCUT2D eigenvalue weighted by Crippen LogP contribution is 2.33. The Morgan fingerprint density at radius 1 is 1.22 bits per heavy atom. The molecule has 2 fully saturated rings. The van der Waals surface area contributed by atoms with Gasteiger partial charge in [-0.1, -0.05) is 13.8 Å². The van der Waals surface area contributed by atoms with E-state index >= 15 is 0 Å². The first kappa shape index (κ1) is 13.8. The van der Waals surface area contributed by atoms with Crippen molar-refractivity contribution in [2.45, 2.75) is 31.9 Å². The molecule has 2 aliphatic rings. The number of carbonyl (C=O) groups excluding carboxylic acids is 1. The molecule has 0 saturated carbocycles. The van der Waals surface area contributed by atoms with E-state index in [1.54, 1.807) is 7.05 Å². The van der Waals surface area contributed by atoms with Gasteiger partial charge in [0, 0.05) is 32.6 Å². The Bertz CT molecular complexity index is 433. The van der Waals surface area contributed by atoms with Crippen LogP contribution in [0.4, 0.5) is 0 Å². The largest absolute Gasteiger partial charge is 0.342 e. The molecular weight excluding hydrogens is 252 g/mol. The van der Waals surface area contributed by atoms with E-state index in [4.69, 9.17) is 0 Å². The Hall–Kier alpha value is -0.620. The molecule has 0 radical (unpaired) electrons. The molecule has 6 heteroatoms. The summed E-state index contributed by atoms with van der Waals surface area (Å²) in [4.78, 5) is 13.8. The van der Waals surface area contributed by atoms with Gasteiger partial charge in [-0.15, -0.1) is 0 Å². The minimum atomic E-state index is -3.12. The minimum absolute atomic E-state index is 0.0118. The highest BCUT2D eigenvalue weighted by Gasteiger charge is 2.45. The number of carbonyl (C=O) groups is 1. The van der Waals surface area contributed by atoms with Crippen molar-refractivity contribution < 1.29 is 13.2 Å². The molecule has 2 rings (SSSR count). The van der Waals surface area contributed by atoms with Crippen LogP contribution in [0, 0.1) is 11.8 Å². The third kappa shape index (κ3) is 2.28. The summed E-state index contributed by atoms with van der Waals surface area (Å²) in [6, 6.07) is 0. The molecule has 104 valence electrons. The number of likely N-dealkylation sites (tertiary alicyclic amines) is 1. The molecule has 18 heavy (non-hydrogen) atoms. The average molecular weight is 274 g/mol. The van der Waals surface area contributed by atoms with E-state index in [9.17, 15) is 13.2 Å². The first-order valence-electron chi connectivity index (χ1n) is 6.58. The number of sulfonamides is 1. The van der Waals surface area contributed by atoms with Crippen LogP contribution in [0.1, 0.15) is 26.7 Å². The fourth-order valence-corrected chi connectivity index (χ4v) is 4.96. The number of nitrogens with zero attached hydrogens (tertiary/aromatic N) is 2. The Morgan fingerprint density at radius 3 is 2.44 bits per heavy atom. The fourth-order valence-electron chi connectivity index (χ4n) is 2.99. The van der Waals surface area contributed by atoms with E-state index in [0.29, 0.717) is 26.1 Å². The Kier molecular flexibility index (Phi) is 3.69. The normalized spacial score (nSPS) is 32.3. The van der Waals surface area contributed by atoms with E-state index in [1.165, 1.54) is 4.31 Å². The molecule has 2 aliphatic heterocycles. The van der Waals surface area contributed by atoms with Crippen molar-refractivity contribution in [1.82, 2.24) is 9.21 Å². The molecule has 2 heterocycles. The number of hydrogen-bond donors (Lipinski definition) is 0. The molecule has 0 unspecified atom stereocenters. The lowest BCUT2D eigenvalue weighted by atomic mass is 10.0. The quantitative estimate of drug-likeness (QED) is 0.700. The molecule has 0 spiro atoms. The minimum Gasteiger partial charge on any atom is -0.342 e. The van der Waals surface area contributed by atoms with Gasteiger partial charge in [0.15, 0.2) is 0 Å². The molecule has 5 nitrogen and oxygen atoms in total. The Balaban J connectivity index is 2.10. The summed E-state index contributed by atoms with van der Waals surface area (Å²) in [5.74, 6) is 0.313. The molecular formula is C12H22N2O3S. The predicted octanol–water partition coefficient (Wildman–Crippen LogP) is 0.525. The maximum Gasteiger partial charge on any atom is 0.225 e. The van der Waals surface area contributed by atoms with Gasteiger partial charge >= 0.3 is 0 Å². The Labute approximate surface area is 109 Å². The zero-order chi connectivity index (χ0) is 13.5. The summed E-state index contributed by atoms with van der Waals surface area (Å²) in [7, 11) is -1.47. The topological polar surface area (TPSA) is 57.7 Å². The van der Waals surface area contributed by atoms with Gasteiger partial charge in [-0.3, -0.25) is 4.79 Å². The second-order valence-corrected chi connectivity index (χ2v) is 7.94.